The first kappa shape index (κ1) is 37.8. The Labute approximate surface area is 285 Å². The summed E-state index contributed by atoms with van der Waals surface area (Å²) in [4.78, 5) is 49.4. The number of nitrogens with one attached hydrogen (secondary N) is 2. The van der Waals surface area contributed by atoms with Gasteiger partial charge in [0.05, 0.1) is 18.6 Å². The molecule has 0 amide bonds. The normalized spacial score (nSPS) is 18.6. The minimum absolute atomic E-state index is 0.00909. The highest BCUT2D eigenvalue weighted by Crippen LogP contribution is 2.54. The van der Waals surface area contributed by atoms with Crippen LogP contribution in [0.25, 0.3) is 28.8 Å². The van der Waals surface area contributed by atoms with E-state index in [4.69, 9.17) is 25.5 Å². The Bertz CT molecular complexity index is 1750. The van der Waals surface area contributed by atoms with Gasteiger partial charge in [0, 0.05) is 11.8 Å². The lowest BCUT2D eigenvalue weighted by molar-refractivity contribution is -0.148. The van der Waals surface area contributed by atoms with Crippen LogP contribution in [-0.2, 0) is 28.2 Å². The molecule has 1 saturated carbocycles. The number of nitrogen functional groups attached to an aromatic ring is 1. The van der Waals surface area contributed by atoms with E-state index in [9.17, 15) is 24.1 Å². The number of phenolic OH excluding ortho intramolecular Hbond substituents is 1. The van der Waals surface area contributed by atoms with Gasteiger partial charge in [-0.05, 0) is 55.7 Å². The molecule has 268 valence electrons. The second-order valence-electron chi connectivity index (χ2n) is 13.0. The molecule has 3 aromatic rings. The van der Waals surface area contributed by atoms with E-state index in [2.05, 4.69) is 33.9 Å². The molecular weight excluding hydrogens is 653 g/mol. The van der Waals surface area contributed by atoms with Crippen LogP contribution >= 0.6 is 8.18 Å². The van der Waals surface area contributed by atoms with Gasteiger partial charge in [-0.1, -0.05) is 52.7 Å². The fourth-order valence-corrected chi connectivity index (χ4v) is 6.43. The summed E-state index contributed by atoms with van der Waals surface area (Å²) in [6, 6.07) is 4.62. The van der Waals surface area contributed by atoms with Crippen LogP contribution in [0.4, 0.5) is 5.95 Å². The molecule has 4 rings (SSSR count). The standard InChI is InChI=1S/C33H48N7O8P/c1-6-9-21(10-7-2)16-46-30(43)20(5)39-49(45)48-18-33(17-47-31(44)25(34)19(3)4)14-23(33)15-40-27(22-11-8-12-24(41)13-22)36-26-28(40)37-32(35)38-29(26)42/h8,11-13,15,19-21,25,41,49H,6-7,9-10,14,16-18,34H2,1-5H3,(H,39,45)(H3,35,37,38,42)/b23-15-/t20-,25-,33-/m0/s1. The van der Waals surface area contributed by atoms with E-state index < -0.39 is 43.2 Å². The van der Waals surface area contributed by atoms with Crippen molar-refractivity contribution in [3.8, 4) is 17.1 Å². The van der Waals surface area contributed by atoms with Crippen LogP contribution in [0.2, 0.25) is 0 Å². The Morgan fingerprint density at radius 1 is 1.14 bits per heavy atom. The molecule has 0 saturated heterocycles. The van der Waals surface area contributed by atoms with Gasteiger partial charge in [-0.3, -0.25) is 28.5 Å². The highest BCUT2D eigenvalue weighted by atomic mass is 31.1. The van der Waals surface area contributed by atoms with Crippen LogP contribution in [0.5, 0.6) is 5.75 Å². The van der Waals surface area contributed by atoms with Gasteiger partial charge in [-0.2, -0.15) is 4.98 Å². The molecule has 0 bridgehead atoms. The van der Waals surface area contributed by atoms with E-state index >= 15 is 0 Å². The summed E-state index contributed by atoms with van der Waals surface area (Å²) >= 11 is 0. The second kappa shape index (κ2) is 16.6. The zero-order chi connectivity index (χ0) is 35.9. The number of fused-ring (bicyclic) bond motifs is 1. The Morgan fingerprint density at radius 3 is 2.51 bits per heavy atom. The number of ether oxygens (including phenoxy) is 2. The SMILES string of the molecule is CCCC(CCC)COC(=O)[C@H](C)N[PH](=O)OC[C@@]1(COC(=O)[C@@H](N)C(C)C)C/C1=C/n1c(-c2cccc(O)c2)nc2c(=O)[nH]c(N)nc21. The van der Waals surface area contributed by atoms with Crippen LogP contribution in [0.1, 0.15) is 66.7 Å². The van der Waals surface area contributed by atoms with Crippen molar-refractivity contribution in [2.24, 2.45) is 23.0 Å². The van der Waals surface area contributed by atoms with Crippen LogP contribution in [0.15, 0.2) is 34.6 Å². The Balaban J connectivity index is 1.57. The molecule has 1 aliphatic carbocycles. The lowest BCUT2D eigenvalue weighted by Crippen LogP contribution is -2.38. The molecule has 2 aromatic heterocycles. The molecule has 0 aliphatic heterocycles. The first-order valence-corrected chi connectivity index (χ1v) is 17.9. The topological polar surface area (TPSA) is 227 Å². The van der Waals surface area contributed by atoms with Gasteiger partial charge in [-0.25, -0.2) is 10.1 Å². The molecule has 1 unspecified atom stereocenters. The number of esters is 2. The predicted octanol–water partition coefficient (Wildman–Crippen LogP) is 3.98. The monoisotopic (exact) mass is 701 g/mol. The van der Waals surface area contributed by atoms with Crippen molar-refractivity contribution in [3.05, 3.63) is 40.2 Å². The third-order valence-electron chi connectivity index (χ3n) is 8.55. The van der Waals surface area contributed by atoms with Crippen molar-refractivity contribution in [2.45, 2.75) is 78.8 Å². The lowest BCUT2D eigenvalue weighted by atomic mass is 9.99. The van der Waals surface area contributed by atoms with Gasteiger partial charge >= 0.3 is 11.9 Å². The maximum atomic E-state index is 13.1. The number of nitrogens with zero attached hydrogens (tertiary/aromatic N) is 3. The largest absolute Gasteiger partial charge is 0.508 e. The van der Waals surface area contributed by atoms with Crippen molar-refractivity contribution in [1.29, 1.82) is 0 Å². The number of carbonyl (C=O) groups is 2. The zero-order valence-corrected chi connectivity index (χ0v) is 29.7. The number of aromatic amines is 1. The van der Waals surface area contributed by atoms with Gasteiger partial charge in [0.25, 0.3) is 13.7 Å². The number of rotatable bonds is 18. The van der Waals surface area contributed by atoms with E-state index in [-0.39, 0.29) is 47.9 Å². The summed E-state index contributed by atoms with van der Waals surface area (Å²) in [6.07, 6.45) is 5.94. The summed E-state index contributed by atoms with van der Waals surface area (Å²) in [5.74, 6) is -0.837. The number of aromatic nitrogens is 4. The first-order valence-electron chi connectivity index (χ1n) is 16.6. The molecule has 1 fully saturated rings. The lowest BCUT2D eigenvalue weighted by Gasteiger charge is -2.20. The molecule has 0 radical (unpaired) electrons. The molecule has 16 heteroatoms. The summed E-state index contributed by atoms with van der Waals surface area (Å²) in [5, 5.41) is 12.8. The Hall–Kier alpha value is -4.04. The smallest absolute Gasteiger partial charge is 0.323 e. The predicted molar refractivity (Wildman–Crippen MR) is 187 cm³/mol. The number of hydrogen-bond acceptors (Lipinski definition) is 12. The van der Waals surface area contributed by atoms with Gasteiger partial charge < -0.3 is 30.6 Å². The average Bonchev–Trinajstić information content (AvgIpc) is 3.62. The number of imidazole rings is 1. The minimum atomic E-state index is -2.95. The summed E-state index contributed by atoms with van der Waals surface area (Å²) in [5.41, 5.74) is 11.8. The van der Waals surface area contributed by atoms with E-state index in [1.165, 1.54) is 12.1 Å². The van der Waals surface area contributed by atoms with Crippen molar-refractivity contribution in [2.75, 3.05) is 25.6 Å². The second-order valence-corrected chi connectivity index (χ2v) is 14.1. The minimum Gasteiger partial charge on any atom is -0.508 e. The number of hydrogen-bond donors (Lipinski definition) is 5. The maximum absolute atomic E-state index is 13.1. The Morgan fingerprint density at radius 2 is 1.86 bits per heavy atom. The number of nitrogens with two attached hydrogens (primary N) is 2. The van der Waals surface area contributed by atoms with Crippen LogP contribution in [0.3, 0.4) is 0 Å². The van der Waals surface area contributed by atoms with E-state index in [0.29, 0.717) is 30.0 Å². The van der Waals surface area contributed by atoms with Crippen LogP contribution < -0.4 is 22.1 Å². The third kappa shape index (κ3) is 9.56. The molecule has 4 atom stereocenters. The Kier molecular flexibility index (Phi) is 12.8. The fourth-order valence-electron chi connectivity index (χ4n) is 5.47. The van der Waals surface area contributed by atoms with Crippen molar-refractivity contribution >= 4 is 43.4 Å². The van der Waals surface area contributed by atoms with Gasteiger partial charge in [-0.15, -0.1) is 0 Å². The van der Waals surface area contributed by atoms with Crippen molar-refractivity contribution in [3.63, 3.8) is 0 Å². The first-order chi connectivity index (χ1) is 23.3. The molecule has 1 aromatic carbocycles. The molecule has 2 heterocycles. The van der Waals surface area contributed by atoms with Crippen molar-refractivity contribution < 1.29 is 33.3 Å². The molecule has 15 nitrogen and oxygen atoms in total. The highest BCUT2D eigenvalue weighted by Gasteiger charge is 2.51. The highest BCUT2D eigenvalue weighted by molar-refractivity contribution is 7.36. The average molecular weight is 702 g/mol. The van der Waals surface area contributed by atoms with Gasteiger partial charge in [0.1, 0.15) is 30.3 Å². The van der Waals surface area contributed by atoms with E-state index in [0.717, 1.165) is 25.7 Å². The number of H-pyrrole nitrogens is 1. The molecule has 1 aliphatic rings. The van der Waals surface area contributed by atoms with Crippen LogP contribution in [-0.4, -0.2) is 68.5 Å². The summed E-state index contributed by atoms with van der Waals surface area (Å²) < 4.78 is 31.5. The van der Waals surface area contributed by atoms with E-state index in [1.54, 1.807) is 43.7 Å². The summed E-state index contributed by atoms with van der Waals surface area (Å²) in [6.45, 7) is 9.38. The number of aromatic hydroxyl groups is 1. The quantitative estimate of drug-likeness (QED) is 0.0936. The molecular formula is C33H48N7O8P. The van der Waals surface area contributed by atoms with Gasteiger partial charge in [0.15, 0.2) is 11.2 Å². The molecule has 7 N–H and O–H groups in total. The maximum Gasteiger partial charge on any atom is 0.323 e. The van der Waals surface area contributed by atoms with Crippen LogP contribution in [0, 0.1) is 17.3 Å². The van der Waals surface area contributed by atoms with E-state index in [1.807, 2.05) is 0 Å². The van der Waals surface area contributed by atoms with Crippen molar-refractivity contribution in [1.82, 2.24) is 24.6 Å². The number of carbonyl (C=O) groups excluding carboxylic acids is 2. The zero-order valence-electron chi connectivity index (χ0n) is 28.7. The molecule has 49 heavy (non-hydrogen) atoms. The number of phenols is 1. The third-order valence-corrected chi connectivity index (χ3v) is 9.62. The van der Waals surface area contributed by atoms with Gasteiger partial charge in [0.2, 0.25) is 5.95 Å². The number of benzene rings is 1. The summed E-state index contributed by atoms with van der Waals surface area (Å²) in [7, 11) is -2.95. The number of anilines is 1. The molecule has 0 spiro atoms. The fraction of sp³-hybridized carbons (Fsp3) is 0.545.